The van der Waals surface area contributed by atoms with Crippen LogP contribution < -0.4 is 0 Å². The van der Waals surface area contributed by atoms with E-state index in [1.165, 1.54) is 6.08 Å². The van der Waals surface area contributed by atoms with Gasteiger partial charge < -0.3 is 9.47 Å². The van der Waals surface area contributed by atoms with Crippen LogP contribution in [0.15, 0.2) is 24.8 Å². The first-order chi connectivity index (χ1) is 8.46. The third-order valence-electron chi connectivity index (χ3n) is 2.34. The second kappa shape index (κ2) is 8.50. The summed E-state index contributed by atoms with van der Waals surface area (Å²) in [6, 6.07) is 0. The average molecular weight is 254 g/mol. The lowest BCUT2D eigenvalue weighted by molar-refractivity contribution is -0.163. The van der Waals surface area contributed by atoms with Gasteiger partial charge in [-0.05, 0) is 20.3 Å². The summed E-state index contributed by atoms with van der Waals surface area (Å²) in [5.41, 5.74) is 0.886. The molecule has 102 valence electrons. The van der Waals surface area contributed by atoms with Crippen molar-refractivity contribution in [2.45, 2.75) is 39.7 Å². The van der Waals surface area contributed by atoms with Gasteiger partial charge in [0.1, 0.15) is 6.10 Å². The molecule has 2 unspecified atom stereocenters. The molecule has 0 rings (SSSR count). The Morgan fingerprint density at radius 3 is 2.28 bits per heavy atom. The van der Waals surface area contributed by atoms with Gasteiger partial charge in [0.2, 0.25) is 0 Å². The van der Waals surface area contributed by atoms with Gasteiger partial charge in [-0.3, -0.25) is 9.59 Å². The molecule has 0 aliphatic carbocycles. The SMILES string of the molecule is C=CC(CC(=C)C)OC(=O)C(CC)C(=O)OCC. The molecule has 0 aliphatic rings. The first kappa shape index (κ1) is 16.4. The molecule has 18 heavy (non-hydrogen) atoms. The van der Waals surface area contributed by atoms with E-state index in [0.29, 0.717) is 12.8 Å². The molecular weight excluding hydrogens is 232 g/mol. The smallest absolute Gasteiger partial charge is 0.320 e. The van der Waals surface area contributed by atoms with Crippen LogP contribution in [-0.4, -0.2) is 24.6 Å². The number of carbonyl (C=O) groups is 2. The zero-order chi connectivity index (χ0) is 14.1. The second-order valence-electron chi connectivity index (χ2n) is 4.09. The van der Waals surface area contributed by atoms with Gasteiger partial charge in [-0.2, -0.15) is 0 Å². The zero-order valence-electron chi connectivity index (χ0n) is 11.4. The van der Waals surface area contributed by atoms with Crippen molar-refractivity contribution >= 4 is 11.9 Å². The highest BCUT2D eigenvalue weighted by Crippen LogP contribution is 2.13. The Bertz CT molecular complexity index is 320. The van der Waals surface area contributed by atoms with Crippen molar-refractivity contribution in [2.75, 3.05) is 6.61 Å². The van der Waals surface area contributed by atoms with Crippen LogP contribution in [0.25, 0.3) is 0 Å². The fraction of sp³-hybridized carbons (Fsp3) is 0.571. The Balaban J connectivity index is 4.54. The molecule has 0 aliphatic heterocycles. The predicted molar refractivity (Wildman–Crippen MR) is 69.9 cm³/mol. The number of carbonyl (C=O) groups excluding carboxylic acids is 2. The molecule has 0 bridgehead atoms. The Kier molecular flexibility index (Phi) is 7.76. The second-order valence-corrected chi connectivity index (χ2v) is 4.09. The van der Waals surface area contributed by atoms with E-state index < -0.39 is 24.0 Å². The molecule has 4 nitrogen and oxygen atoms in total. The molecule has 2 atom stereocenters. The normalized spacial score (nSPS) is 13.3. The fourth-order valence-electron chi connectivity index (χ4n) is 1.42. The van der Waals surface area contributed by atoms with Gasteiger partial charge in [0.15, 0.2) is 5.92 Å². The molecule has 0 amide bonds. The summed E-state index contributed by atoms with van der Waals surface area (Å²) in [6.07, 6.45) is 1.95. The van der Waals surface area contributed by atoms with Gasteiger partial charge in [0.05, 0.1) is 6.61 Å². The Morgan fingerprint density at radius 1 is 1.28 bits per heavy atom. The van der Waals surface area contributed by atoms with Gasteiger partial charge >= 0.3 is 11.9 Å². The highest BCUT2D eigenvalue weighted by Gasteiger charge is 2.29. The van der Waals surface area contributed by atoms with Gasteiger partial charge in [-0.15, -0.1) is 0 Å². The topological polar surface area (TPSA) is 52.6 Å². The third-order valence-corrected chi connectivity index (χ3v) is 2.34. The van der Waals surface area contributed by atoms with Crippen LogP contribution in [0, 0.1) is 5.92 Å². The highest BCUT2D eigenvalue weighted by atomic mass is 16.6. The Labute approximate surface area is 109 Å². The lowest BCUT2D eigenvalue weighted by atomic mass is 10.1. The van der Waals surface area contributed by atoms with E-state index in [1.807, 2.05) is 6.92 Å². The third kappa shape index (κ3) is 5.66. The minimum atomic E-state index is -0.863. The number of ether oxygens (including phenoxy) is 2. The van der Waals surface area contributed by atoms with Gasteiger partial charge in [-0.1, -0.05) is 31.7 Å². The fourth-order valence-corrected chi connectivity index (χ4v) is 1.42. The Hall–Kier alpha value is -1.58. The highest BCUT2D eigenvalue weighted by molar-refractivity contribution is 5.94. The monoisotopic (exact) mass is 254 g/mol. The van der Waals surface area contributed by atoms with E-state index in [-0.39, 0.29) is 6.61 Å². The number of rotatable bonds is 8. The van der Waals surface area contributed by atoms with E-state index in [4.69, 9.17) is 9.47 Å². The van der Waals surface area contributed by atoms with Gasteiger partial charge in [-0.25, -0.2) is 0 Å². The van der Waals surface area contributed by atoms with Crippen LogP contribution in [0.1, 0.15) is 33.6 Å². The number of esters is 2. The van der Waals surface area contributed by atoms with E-state index in [9.17, 15) is 9.59 Å². The minimum Gasteiger partial charge on any atom is -0.465 e. The molecule has 0 aromatic carbocycles. The molecule has 0 fully saturated rings. The van der Waals surface area contributed by atoms with Crippen LogP contribution in [0.5, 0.6) is 0 Å². The first-order valence-electron chi connectivity index (χ1n) is 6.10. The van der Waals surface area contributed by atoms with E-state index >= 15 is 0 Å². The summed E-state index contributed by atoms with van der Waals surface area (Å²) in [7, 11) is 0. The molecule has 0 saturated heterocycles. The maximum Gasteiger partial charge on any atom is 0.320 e. The summed E-state index contributed by atoms with van der Waals surface area (Å²) >= 11 is 0. The van der Waals surface area contributed by atoms with Crippen molar-refractivity contribution in [1.29, 1.82) is 0 Å². The summed E-state index contributed by atoms with van der Waals surface area (Å²) in [5, 5.41) is 0. The van der Waals surface area contributed by atoms with Crippen molar-refractivity contribution in [2.24, 2.45) is 5.92 Å². The lowest BCUT2D eigenvalue weighted by Gasteiger charge is -2.18. The van der Waals surface area contributed by atoms with E-state index in [0.717, 1.165) is 5.57 Å². The van der Waals surface area contributed by atoms with Crippen molar-refractivity contribution in [3.63, 3.8) is 0 Å². The summed E-state index contributed by atoms with van der Waals surface area (Å²) in [4.78, 5) is 23.4. The van der Waals surface area contributed by atoms with Crippen LogP contribution >= 0.6 is 0 Å². The van der Waals surface area contributed by atoms with Crippen LogP contribution in [0.4, 0.5) is 0 Å². The largest absolute Gasteiger partial charge is 0.465 e. The molecule has 0 aromatic heterocycles. The zero-order valence-corrected chi connectivity index (χ0v) is 11.4. The standard InChI is InChI=1S/C14H22O4/c1-6-11(9-10(4)5)18-14(16)12(7-2)13(15)17-8-3/h6,11-12H,1,4,7-9H2,2-3,5H3. The van der Waals surface area contributed by atoms with Gasteiger partial charge in [0, 0.05) is 6.42 Å². The first-order valence-corrected chi connectivity index (χ1v) is 6.10. The molecular formula is C14H22O4. The van der Waals surface area contributed by atoms with Crippen LogP contribution in [-0.2, 0) is 19.1 Å². The predicted octanol–water partition coefficient (Wildman–Crippen LogP) is 2.64. The van der Waals surface area contributed by atoms with Crippen LogP contribution in [0.3, 0.4) is 0 Å². The molecule has 4 heteroatoms. The van der Waals surface area contributed by atoms with Crippen molar-refractivity contribution in [3.05, 3.63) is 24.8 Å². The van der Waals surface area contributed by atoms with Crippen molar-refractivity contribution in [1.82, 2.24) is 0 Å². The number of hydrogen-bond donors (Lipinski definition) is 0. The van der Waals surface area contributed by atoms with Crippen molar-refractivity contribution in [3.8, 4) is 0 Å². The number of hydrogen-bond acceptors (Lipinski definition) is 4. The summed E-state index contributed by atoms with van der Waals surface area (Å²) < 4.78 is 10.0. The maximum atomic E-state index is 11.8. The summed E-state index contributed by atoms with van der Waals surface area (Å²) in [6.45, 7) is 12.9. The lowest BCUT2D eigenvalue weighted by Crippen LogP contribution is -2.30. The molecule has 0 saturated carbocycles. The Morgan fingerprint density at radius 2 is 1.89 bits per heavy atom. The molecule has 0 aromatic rings. The minimum absolute atomic E-state index is 0.249. The molecule has 0 N–H and O–H groups in total. The van der Waals surface area contributed by atoms with E-state index in [1.54, 1.807) is 13.8 Å². The summed E-state index contributed by atoms with van der Waals surface area (Å²) in [5.74, 6) is -1.97. The average Bonchev–Trinajstić information content (AvgIpc) is 2.28. The quantitative estimate of drug-likeness (QED) is 0.379. The van der Waals surface area contributed by atoms with Gasteiger partial charge in [0.25, 0.3) is 0 Å². The molecule has 0 heterocycles. The molecule has 0 radical (unpaired) electrons. The van der Waals surface area contributed by atoms with E-state index in [2.05, 4.69) is 13.2 Å². The molecule has 0 spiro atoms. The van der Waals surface area contributed by atoms with Crippen LogP contribution in [0.2, 0.25) is 0 Å². The maximum absolute atomic E-state index is 11.8. The van der Waals surface area contributed by atoms with Crippen molar-refractivity contribution < 1.29 is 19.1 Å².